The van der Waals surface area contributed by atoms with E-state index >= 15 is 0 Å². The van der Waals surface area contributed by atoms with Crippen molar-refractivity contribution in [2.24, 2.45) is 0 Å². The maximum Gasteiger partial charge on any atom is 0.264 e. The smallest absolute Gasteiger partial charge is 0.264 e. The van der Waals surface area contributed by atoms with Crippen LogP contribution in [-0.2, 0) is 32.6 Å². The molecule has 0 saturated carbocycles. The first-order valence-corrected chi connectivity index (χ1v) is 17.0. The number of anilines is 1. The molecular weight excluding hydrogens is 645 g/mol. The summed E-state index contributed by atoms with van der Waals surface area (Å²) in [5.74, 6) is -0.477. The van der Waals surface area contributed by atoms with Gasteiger partial charge in [0.25, 0.3) is 10.0 Å². The summed E-state index contributed by atoms with van der Waals surface area (Å²) >= 11 is 13.1. The van der Waals surface area contributed by atoms with Gasteiger partial charge in [-0.1, -0.05) is 84.7 Å². The molecule has 0 aliphatic heterocycles. The third-order valence-corrected chi connectivity index (χ3v) is 10.1. The zero-order chi connectivity index (χ0) is 33.3. The standard InChI is InChI=1S/C35H37Cl2N3O5S/c1-4-25(2)38-35(42)33(22-26-12-7-5-8-13-26)39(23-30-31(36)16-11-17-32(30)37)34(41)24-40(27-18-20-28(45-3)21-19-27)46(43,44)29-14-9-6-10-15-29/h5-21,25,33H,4,22-24H2,1-3H3,(H,38,42). The second-order valence-electron chi connectivity index (χ2n) is 10.8. The minimum absolute atomic E-state index is 0.00895. The second kappa shape index (κ2) is 16.0. The number of ether oxygens (including phenoxy) is 1. The van der Waals surface area contributed by atoms with Gasteiger partial charge in [0.2, 0.25) is 11.8 Å². The Balaban J connectivity index is 1.83. The number of carbonyl (C=O) groups excluding carboxylic acids is 2. The van der Waals surface area contributed by atoms with Crippen molar-refractivity contribution in [1.82, 2.24) is 10.2 Å². The molecule has 4 rings (SSSR count). The molecule has 0 saturated heterocycles. The Hall–Kier alpha value is -4.05. The van der Waals surface area contributed by atoms with Gasteiger partial charge in [-0.3, -0.25) is 13.9 Å². The summed E-state index contributed by atoms with van der Waals surface area (Å²) in [6.07, 6.45) is 0.847. The van der Waals surface area contributed by atoms with Crippen LogP contribution in [0, 0.1) is 0 Å². The highest BCUT2D eigenvalue weighted by atomic mass is 35.5. The van der Waals surface area contributed by atoms with Crippen LogP contribution in [0.4, 0.5) is 5.69 Å². The van der Waals surface area contributed by atoms with Crippen LogP contribution in [0.2, 0.25) is 10.0 Å². The summed E-state index contributed by atoms with van der Waals surface area (Å²) < 4.78 is 34.5. The van der Waals surface area contributed by atoms with Gasteiger partial charge in [-0.05, 0) is 67.4 Å². The van der Waals surface area contributed by atoms with Gasteiger partial charge in [0.05, 0.1) is 17.7 Å². The number of benzene rings is 4. The fraction of sp³-hybridized carbons (Fsp3) is 0.257. The molecule has 0 bridgehead atoms. The zero-order valence-electron chi connectivity index (χ0n) is 25.9. The Labute approximate surface area is 280 Å². The molecule has 4 aromatic carbocycles. The van der Waals surface area contributed by atoms with Crippen molar-refractivity contribution in [2.45, 2.75) is 50.2 Å². The molecule has 0 radical (unpaired) electrons. The lowest BCUT2D eigenvalue weighted by Gasteiger charge is -2.34. The van der Waals surface area contributed by atoms with Gasteiger partial charge >= 0.3 is 0 Å². The fourth-order valence-electron chi connectivity index (χ4n) is 4.85. The maximum atomic E-state index is 14.6. The largest absolute Gasteiger partial charge is 0.497 e. The number of carbonyl (C=O) groups is 2. The molecule has 1 N–H and O–H groups in total. The average Bonchev–Trinajstić information content (AvgIpc) is 3.07. The first kappa shape index (κ1) is 34.8. The quantitative estimate of drug-likeness (QED) is 0.159. The number of rotatable bonds is 14. The normalized spacial score (nSPS) is 12.5. The monoisotopic (exact) mass is 681 g/mol. The van der Waals surface area contributed by atoms with Crippen molar-refractivity contribution < 1.29 is 22.7 Å². The number of sulfonamides is 1. The molecule has 0 aliphatic carbocycles. The van der Waals surface area contributed by atoms with Crippen LogP contribution >= 0.6 is 23.2 Å². The molecule has 0 aromatic heterocycles. The van der Waals surface area contributed by atoms with Gasteiger partial charge in [-0.15, -0.1) is 0 Å². The van der Waals surface area contributed by atoms with Gasteiger partial charge in [0.15, 0.2) is 0 Å². The van der Waals surface area contributed by atoms with Crippen LogP contribution in [0.5, 0.6) is 5.75 Å². The average molecular weight is 683 g/mol. The molecule has 2 atom stereocenters. The lowest BCUT2D eigenvalue weighted by atomic mass is 10.0. The molecule has 11 heteroatoms. The lowest BCUT2D eigenvalue weighted by Crippen LogP contribution is -2.54. The van der Waals surface area contributed by atoms with Gasteiger partial charge in [0, 0.05) is 34.6 Å². The van der Waals surface area contributed by atoms with Crippen molar-refractivity contribution >= 4 is 50.7 Å². The summed E-state index contributed by atoms with van der Waals surface area (Å²) in [5.41, 5.74) is 1.51. The molecule has 0 spiro atoms. The predicted octanol–water partition coefficient (Wildman–Crippen LogP) is 6.75. The topological polar surface area (TPSA) is 96.0 Å². The Morgan fingerprint density at radius 3 is 2.00 bits per heavy atom. The molecule has 2 amide bonds. The highest BCUT2D eigenvalue weighted by Crippen LogP contribution is 2.29. The van der Waals surface area contributed by atoms with E-state index in [1.165, 1.54) is 24.1 Å². The van der Waals surface area contributed by atoms with E-state index in [9.17, 15) is 18.0 Å². The van der Waals surface area contributed by atoms with E-state index in [2.05, 4.69) is 5.32 Å². The maximum absolute atomic E-state index is 14.6. The van der Waals surface area contributed by atoms with Crippen LogP contribution in [-0.4, -0.2) is 50.9 Å². The first-order chi connectivity index (χ1) is 22.0. The molecule has 4 aromatic rings. The van der Waals surface area contributed by atoms with Crippen molar-refractivity contribution in [3.63, 3.8) is 0 Å². The molecule has 2 unspecified atom stereocenters. The minimum atomic E-state index is -4.23. The van der Waals surface area contributed by atoms with E-state index in [0.717, 1.165) is 9.87 Å². The number of methoxy groups -OCH3 is 1. The summed E-state index contributed by atoms with van der Waals surface area (Å²) in [5, 5.41) is 3.64. The van der Waals surface area contributed by atoms with Crippen LogP contribution in [0.15, 0.2) is 108 Å². The van der Waals surface area contributed by atoms with Gasteiger partial charge < -0.3 is 15.0 Å². The molecule has 8 nitrogen and oxygen atoms in total. The Morgan fingerprint density at radius 2 is 1.43 bits per heavy atom. The molecule has 0 heterocycles. The van der Waals surface area contributed by atoms with Crippen LogP contribution in [0.25, 0.3) is 0 Å². The Morgan fingerprint density at radius 1 is 0.848 bits per heavy atom. The third-order valence-electron chi connectivity index (χ3n) is 7.63. The third kappa shape index (κ3) is 8.60. The first-order valence-electron chi connectivity index (χ1n) is 14.8. The SMILES string of the molecule is CCC(C)NC(=O)C(Cc1ccccc1)N(Cc1c(Cl)cccc1Cl)C(=O)CN(c1ccc(OC)cc1)S(=O)(=O)c1ccccc1. The number of nitrogens with zero attached hydrogens (tertiary/aromatic N) is 2. The van der Waals surface area contributed by atoms with Crippen LogP contribution in [0.3, 0.4) is 0 Å². The van der Waals surface area contributed by atoms with E-state index in [0.29, 0.717) is 27.8 Å². The van der Waals surface area contributed by atoms with Crippen molar-refractivity contribution in [3.8, 4) is 5.75 Å². The van der Waals surface area contributed by atoms with Crippen molar-refractivity contribution in [3.05, 3.63) is 124 Å². The number of hydrogen-bond donors (Lipinski definition) is 1. The fourth-order valence-corrected chi connectivity index (χ4v) is 6.80. The molecule has 0 fully saturated rings. The lowest BCUT2D eigenvalue weighted by molar-refractivity contribution is -0.140. The van der Waals surface area contributed by atoms with E-state index in [1.807, 2.05) is 44.2 Å². The Bertz CT molecular complexity index is 1700. The molecule has 0 aliphatic rings. The summed E-state index contributed by atoms with van der Waals surface area (Å²) in [7, 11) is -2.72. The van der Waals surface area contributed by atoms with Crippen molar-refractivity contribution in [1.29, 1.82) is 0 Å². The summed E-state index contributed by atoms with van der Waals surface area (Å²) in [6, 6.07) is 27.4. The van der Waals surface area contributed by atoms with E-state index in [4.69, 9.17) is 27.9 Å². The Kier molecular flexibility index (Phi) is 12.1. The molecule has 242 valence electrons. The van der Waals surface area contributed by atoms with Gasteiger partial charge in [0.1, 0.15) is 18.3 Å². The van der Waals surface area contributed by atoms with Gasteiger partial charge in [-0.25, -0.2) is 8.42 Å². The molecule has 46 heavy (non-hydrogen) atoms. The second-order valence-corrected chi connectivity index (χ2v) is 13.4. The highest BCUT2D eigenvalue weighted by molar-refractivity contribution is 7.92. The van der Waals surface area contributed by atoms with Crippen LogP contribution in [0.1, 0.15) is 31.4 Å². The van der Waals surface area contributed by atoms with E-state index in [1.54, 1.807) is 60.7 Å². The number of hydrogen-bond acceptors (Lipinski definition) is 5. The highest BCUT2D eigenvalue weighted by Gasteiger charge is 2.35. The molecular formula is C35H37Cl2N3O5S. The number of amides is 2. The van der Waals surface area contributed by atoms with E-state index in [-0.39, 0.29) is 35.5 Å². The van der Waals surface area contributed by atoms with Gasteiger partial charge in [-0.2, -0.15) is 0 Å². The number of halogens is 2. The summed E-state index contributed by atoms with van der Waals surface area (Å²) in [6.45, 7) is 3.09. The van der Waals surface area contributed by atoms with E-state index < -0.39 is 28.5 Å². The summed E-state index contributed by atoms with van der Waals surface area (Å²) in [4.78, 5) is 29.9. The zero-order valence-corrected chi connectivity index (χ0v) is 28.2. The predicted molar refractivity (Wildman–Crippen MR) is 183 cm³/mol. The van der Waals surface area contributed by atoms with Crippen LogP contribution < -0.4 is 14.4 Å². The van der Waals surface area contributed by atoms with Crippen molar-refractivity contribution in [2.75, 3.05) is 18.0 Å². The minimum Gasteiger partial charge on any atom is -0.497 e. The number of nitrogens with one attached hydrogen (secondary N) is 1.